The third-order valence-electron chi connectivity index (χ3n) is 2.84. The molecule has 0 aliphatic heterocycles. The van der Waals surface area contributed by atoms with E-state index in [0.717, 1.165) is 17.8 Å². The van der Waals surface area contributed by atoms with Gasteiger partial charge in [0, 0.05) is 24.8 Å². The van der Waals surface area contributed by atoms with Gasteiger partial charge in [0.05, 0.1) is 0 Å². The van der Waals surface area contributed by atoms with Crippen LogP contribution in [0.4, 0.5) is 10.1 Å². The number of nitrogens with zero attached hydrogens (tertiary/aromatic N) is 1. The van der Waals surface area contributed by atoms with Crippen LogP contribution in [0.2, 0.25) is 0 Å². The van der Waals surface area contributed by atoms with Crippen molar-refractivity contribution in [3.63, 3.8) is 0 Å². The number of benzene rings is 1. The Kier molecular flexibility index (Phi) is 5.60. The zero-order valence-electron chi connectivity index (χ0n) is 12.1. The van der Waals surface area contributed by atoms with Crippen LogP contribution in [0.15, 0.2) is 18.2 Å². The van der Waals surface area contributed by atoms with Crippen LogP contribution in [-0.2, 0) is 6.54 Å². The lowest BCUT2D eigenvalue weighted by Crippen LogP contribution is -2.34. The summed E-state index contributed by atoms with van der Waals surface area (Å²) in [6.07, 6.45) is 0. The van der Waals surface area contributed by atoms with Crippen LogP contribution in [0, 0.1) is 11.7 Å². The van der Waals surface area contributed by atoms with Gasteiger partial charge in [0.1, 0.15) is 5.82 Å². The Morgan fingerprint density at radius 3 is 2.33 bits per heavy atom. The second-order valence-corrected chi connectivity index (χ2v) is 5.49. The summed E-state index contributed by atoms with van der Waals surface area (Å²) in [6.45, 7) is 10.3. The van der Waals surface area contributed by atoms with E-state index >= 15 is 0 Å². The SMILES string of the molecule is CNCc1cc(F)cc(N(CC(C)C)C(C)C)c1. The summed E-state index contributed by atoms with van der Waals surface area (Å²) >= 11 is 0. The van der Waals surface area contributed by atoms with E-state index in [0.29, 0.717) is 18.5 Å². The first-order valence-corrected chi connectivity index (χ1v) is 6.64. The second-order valence-electron chi connectivity index (χ2n) is 5.49. The van der Waals surface area contributed by atoms with Crippen LogP contribution in [0.1, 0.15) is 33.3 Å². The number of nitrogens with one attached hydrogen (secondary N) is 1. The van der Waals surface area contributed by atoms with Crippen molar-refractivity contribution in [2.45, 2.75) is 40.3 Å². The smallest absolute Gasteiger partial charge is 0.125 e. The van der Waals surface area contributed by atoms with Gasteiger partial charge in [-0.25, -0.2) is 4.39 Å². The summed E-state index contributed by atoms with van der Waals surface area (Å²) in [7, 11) is 1.87. The van der Waals surface area contributed by atoms with Gasteiger partial charge in [-0.15, -0.1) is 0 Å². The van der Waals surface area contributed by atoms with Crippen LogP contribution in [0.25, 0.3) is 0 Å². The van der Waals surface area contributed by atoms with Crippen LogP contribution < -0.4 is 10.2 Å². The first-order chi connectivity index (χ1) is 8.43. The van der Waals surface area contributed by atoms with Crippen molar-refractivity contribution in [3.05, 3.63) is 29.6 Å². The van der Waals surface area contributed by atoms with Crippen molar-refractivity contribution < 1.29 is 4.39 Å². The average Bonchev–Trinajstić information content (AvgIpc) is 2.24. The van der Waals surface area contributed by atoms with Gasteiger partial charge in [-0.1, -0.05) is 13.8 Å². The van der Waals surface area contributed by atoms with E-state index < -0.39 is 0 Å². The average molecular weight is 252 g/mol. The summed E-state index contributed by atoms with van der Waals surface area (Å²) in [4.78, 5) is 2.26. The maximum Gasteiger partial charge on any atom is 0.125 e. The summed E-state index contributed by atoms with van der Waals surface area (Å²) in [5.74, 6) is 0.399. The first kappa shape index (κ1) is 15.0. The molecular weight excluding hydrogens is 227 g/mol. The molecule has 0 fully saturated rings. The number of hydrogen-bond acceptors (Lipinski definition) is 2. The van der Waals surface area contributed by atoms with E-state index in [-0.39, 0.29) is 5.82 Å². The molecule has 0 aliphatic carbocycles. The molecular formula is C15H25FN2. The van der Waals surface area contributed by atoms with Crippen LogP contribution in [0.3, 0.4) is 0 Å². The predicted octanol–water partition coefficient (Wildman–Crippen LogP) is 3.42. The van der Waals surface area contributed by atoms with Gasteiger partial charge in [-0.05, 0) is 50.6 Å². The lowest BCUT2D eigenvalue weighted by Gasteiger charge is -2.31. The van der Waals surface area contributed by atoms with Gasteiger partial charge >= 0.3 is 0 Å². The minimum absolute atomic E-state index is 0.160. The van der Waals surface area contributed by atoms with Gasteiger partial charge in [0.25, 0.3) is 0 Å². The van der Waals surface area contributed by atoms with Crippen molar-refractivity contribution in [1.82, 2.24) is 5.32 Å². The number of halogens is 1. The number of anilines is 1. The fourth-order valence-electron chi connectivity index (χ4n) is 2.11. The quantitative estimate of drug-likeness (QED) is 0.834. The maximum atomic E-state index is 13.7. The van der Waals surface area contributed by atoms with E-state index in [1.807, 2.05) is 7.05 Å². The highest BCUT2D eigenvalue weighted by atomic mass is 19.1. The van der Waals surface area contributed by atoms with Crippen molar-refractivity contribution in [3.8, 4) is 0 Å². The fourth-order valence-corrected chi connectivity index (χ4v) is 2.11. The molecule has 3 heteroatoms. The molecule has 0 aliphatic rings. The Labute approximate surface area is 110 Å². The molecule has 1 N–H and O–H groups in total. The topological polar surface area (TPSA) is 15.3 Å². The summed E-state index contributed by atoms with van der Waals surface area (Å²) in [5, 5.41) is 3.06. The van der Waals surface area contributed by atoms with Crippen molar-refractivity contribution in [2.24, 2.45) is 5.92 Å². The molecule has 0 atom stereocenters. The molecule has 0 spiro atoms. The van der Waals surface area contributed by atoms with Crippen molar-refractivity contribution in [1.29, 1.82) is 0 Å². The molecule has 2 nitrogen and oxygen atoms in total. The molecule has 1 aromatic rings. The lowest BCUT2D eigenvalue weighted by molar-refractivity contribution is 0.566. The minimum atomic E-state index is -0.160. The fraction of sp³-hybridized carbons (Fsp3) is 0.600. The third-order valence-corrected chi connectivity index (χ3v) is 2.84. The van der Waals surface area contributed by atoms with Crippen LogP contribution in [0.5, 0.6) is 0 Å². The second kappa shape index (κ2) is 6.74. The normalized spacial score (nSPS) is 11.3. The standard InChI is InChI=1S/C15H25FN2/c1-11(2)10-18(12(3)4)15-7-13(9-17-5)6-14(16)8-15/h6-8,11-12,17H,9-10H2,1-5H3. The van der Waals surface area contributed by atoms with Crippen molar-refractivity contribution in [2.75, 3.05) is 18.5 Å². The largest absolute Gasteiger partial charge is 0.369 e. The zero-order valence-corrected chi connectivity index (χ0v) is 12.1. The molecule has 0 amide bonds. The molecule has 0 radical (unpaired) electrons. The Morgan fingerprint density at radius 1 is 1.17 bits per heavy atom. The Balaban J connectivity index is 3.03. The Hall–Kier alpha value is -1.09. The van der Waals surface area contributed by atoms with Crippen LogP contribution >= 0.6 is 0 Å². The lowest BCUT2D eigenvalue weighted by atomic mass is 10.1. The molecule has 18 heavy (non-hydrogen) atoms. The van der Waals surface area contributed by atoms with Gasteiger partial charge in [0.2, 0.25) is 0 Å². The zero-order chi connectivity index (χ0) is 13.7. The molecule has 0 bridgehead atoms. The van der Waals surface area contributed by atoms with Crippen LogP contribution in [-0.4, -0.2) is 19.6 Å². The maximum absolute atomic E-state index is 13.7. The number of rotatable bonds is 6. The van der Waals surface area contributed by atoms with E-state index in [9.17, 15) is 4.39 Å². The Bertz CT molecular complexity index is 375. The van der Waals surface area contributed by atoms with E-state index in [2.05, 4.69) is 44.0 Å². The highest BCUT2D eigenvalue weighted by Gasteiger charge is 2.13. The molecule has 0 aromatic heterocycles. The minimum Gasteiger partial charge on any atom is -0.369 e. The van der Waals surface area contributed by atoms with Crippen molar-refractivity contribution >= 4 is 5.69 Å². The van der Waals surface area contributed by atoms with Gasteiger partial charge in [-0.3, -0.25) is 0 Å². The molecule has 1 rings (SSSR count). The van der Waals surface area contributed by atoms with Gasteiger partial charge in [0.15, 0.2) is 0 Å². The Morgan fingerprint density at radius 2 is 1.83 bits per heavy atom. The van der Waals surface area contributed by atoms with E-state index in [1.165, 1.54) is 0 Å². The summed E-state index contributed by atoms with van der Waals surface area (Å²) in [6, 6.07) is 5.66. The molecule has 0 heterocycles. The van der Waals surface area contributed by atoms with E-state index in [4.69, 9.17) is 0 Å². The highest BCUT2D eigenvalue weighted by Crippen LogP contribution is 2.22. The molecule has 0 unspecified atom stereocenters. The predicted molar refractivity (Wildman–Crippen MR) is 76.5 cm³/mol. The van der Waals surface area contributed by atoms with E-state index in [1.54, 1.807) is 12.1 Å². The monoisotopic (exact) mass is 252 g/mol. The first-order valence-electron chi connectivity index (χ1n) is 6.64. The summed E-state index contributed by atoms with van der Waals surface area (Å²) < 4.78 is 13.7. The number of hydrogen-bond donors (Lipinski definition) is 1. The van der Waals surface area contributed by atoms with Gasteiger partial charge < -0.3 is 10.2 Å². The third kappa shape index (κ3) is 4.30. The molecule has 0 saturated carbocycles. The molecule has 1 aromatic carbocycles. The molecule has 0 saturated heterocycles. The summed E-state index contributed by atoms with van der Waals surface area (Å²) in [5.41, 5.74) is 1.96. The molecule has 102 valence electrons. The highest BCUT2D eigenvalue weighted by molar-refractivity contribution is 5.50. The van der Waals surface area contributed by atoms with Gasteiger partial charge in [-0.2, -0.15) is 0 Å².